The third-order valence-electron chi connectivity index (χ3n) is 1.82. The standard InChI is InChI=1S/C9H20N2/c1-5-6-7-10-8-9(2)11(3)4/h5-6,9-10H,7-8H2,1-4H3/b6-5+. The predicted octanol–water partition coefficient (Wildman–Crippen LogP) is 1.10. The van der Waals surface area contributed by atoms with E-state index in [1.807, 2.05) is 6.92 Å². The van der Waals surface area contributed by atoms with Crippen LogP contribution in [0.1, 0.15) is 13.8 Å². The Morgan fingerprint density at radius 1 is 1.45 bits per heavy atom. The van der Waals surface area contributed by atoms with Gasteiger partial charge in [0.05, 0.1) is 0 Å². The van der Waals surface area contributed by atoms with E-state index in [0.717, 1.165) is 13.1 Å². The maximum atomic E-state index is 3.34. The lowest BCUT2D eigenvalue weighted by molar-refractivity contribution is 0.306. The molecule has 1 unspecified atom stereocenters. The Balaban J connectivity index is 3.24. The van der Waals surface area contributed by atoms with Gasteiger partial charge < -0.3 is 10.2 Å². The van der Waals surface area contributed by atoms with Crippen molar-refractivity contribution in [3.8, 4) is 0 Å². The van der Waals surface area contributed by atoms with E-state index in [4.69, 9.17) is 0 Å². The molecule has 0 amide bonds. The minimum atomic E-state index is 0.611. The number of nitrogens with one attached hydrogen (secondary N) is 1. The summed E-state index contributed by atoms with van der Waals surface area (Å²) < 4.78 is 0. The van der Waals surface area contributed by atoms with Gasteiger partial charge in [-0.2, -0.15) is 0 Å². The summed E-state index contributed by atoms with van der Waals surface area (Å²) in [6.45, 7) is 6.28. The van der Waals surface area contributed by atoms with Gasteiger partial charge >= 0.3 is 0 Å². The highest BCUT2D eigenvalue weighted by Gasteiger charge is 2.00. The van der Waals surface area contributed by atoms with Gasteiger partial charge in [0.2, 0.25) is 0 Å². The maximum Gasteiger partial charge on any atom is 0.0186 e. The van der Waals surface area contributed by atoms with Crippen molar-refractivity contribution in [1.29, 1.82) is 0 Å². The summed E-state index contributed by atoms with van der Waals surface area (Å²) in [7, 11) is 4.20. The second-order valence-corrected chi connectivity index (χ2v) is 3.04. The van der Waals surface area contributed by atoms with Crippen molar-refractivity contribution >= 4 is 0 Å². The molecule has 0 bridgehead atoms. The van der Waals surface area contributed by atoms with Gasteiger partial charge in [0.1, 0.15) is 0 Å². The van der Waals surface area contributed by atoms with Crippen LogP contribution in [-0.2, 0) is 0 Å². The van der Waals surface area contributed by atoms with Gasteiger partial charge in [-0.1, -0.05) is 12.2 Å². The Morgan fingerprint density at radius 3 is 2.55 bits per heavy atom. The van der Waals surface area contributed by atoms with Crippen LogP contribution in [0.3, 0.4) is 0 Å². The molecule has 0 spiro atoms. The minimum absolute atomic E-state index is 0.611. The van der Waals surface area contributed by atoms with Crippen LogP contribution in [0.5, 0.6) is 0 Å². The van der Waals surface area contributed by atoms with Gasteiger partial charge in [-0.25, -0.2) is 0 Å². The van der Waals surface area contributed by atoms with Crippen LogP contribution < -0.4 is 5.32 Å². The molecular formula is C9H20N2. The Hall–Kier alpha value is -0.340. The highest BCUT2D eigenvalue weighted by Crippen LogP contribution is 1.87. The summed E-state index contributed by atoms with van der Waals surface area (Å²) in [5.41, 5.74) is 0. The fourth-order valence-corrected chi connectivity index (χ4v) is 0.676. The van der Waals surface area contributed by atoms with Gasteiger partial charge in [-0.3, -0.25) is 0 Å². The predicted molar refractivity (Wildman–Crippen MR) is 50.8 cm³/mol. The van der Waals surface area contributed by atoms with Crippen LogP contribution in [0, 0.1) is 0 Å². The second kappa shape index (κ2) is 6.38. The summed E-state index contributed by atoms with van der Waals surface area (Å²) in [6, 6.07) is 0.611. The van der Waals surface area contributed by atoms with Gasteiger partial charge in [-0.05, 0) is 27.9 Å². The first-order valence-electron chi connectivity index (χ1n) is 4.16. The van der Waals surface area contributed by atoms with Gasteiger partial charge in [-0.15, -0.1) is 0 Å². The molecule has 0 aromatic heterocycles. The molecule has 0 aliphatic heterocycles. The number of hydrogen-bond donors (Lipinski definition) is 1. The normalized spacial score (nSPS) is 14.6. The summed E-state index contributed by atoms with van der Waals surface area (Å²) in [5, 5.41) is 3.34. The van der Waals surface area contributed by atoms with E-state index in [1.54, 1.807) is 0 Å². The molecule has 2 heteroatoms. The van der Waals surface area contributed by atoms with Crippen molar-refractivity contribution in [3.05, 3.63) is 12.2 Å². The summed E-state index contributed by atoms with van der Waals surface area (Å²) in [6.07, 6.45) is 4.19. The summed E-state index contributed by atoms with van der Waals surface area (Å²) >= 11 is 0. The molecule has 0 aromatic rings. The molecule has 2 nitrogen and oxygen atoms in total. The summed E-state index contributed by atoms with van der Waals surface area (Å²) in [5.74, 6) is 0. The van der Waals surface area contributed by atoms with Crippen molar-refractivity contribution in [2.24, 2.45) is 0 Å². The van der Waals surface area contributed by atoms with Crippen LogP contribution in [-0.4, -0.2) is 38.1 Å². The van der Waals surface area contributed by atoms with E-state index in [-0.39, 0.29) is 0 Å². The minimum Gasteiger partial charge on any atom is -0.312 e. The van der Waals surface area contributed by atoms with Crippen molar-refractivity contribution in [2.75, 3.05) is 27.2 Å². The molecule has 0 aliphatic rings. The van der Waals surface area contributed by atoms with E-state index in [0.29, 0.717) is 6.04 Å². The van der Waals surface area contributed by atoms with Crippen LogP contribution in [0.15, 0.2) is 12.2 Å². The van der Waals surface area contributed by atoms with Gasteiger partial charge in [0, 0.05) is 19.1 Å². The fraction of sp³-hybridized carbons (Fsp3) is 0.778. The lowest BCUT2D eigenvalue weighted by Gasteiger charge is -2.19. The van der Waals surface area contributed by atoms with Crippen LogP contribution in [0.2, 0.25) is 0 Å². The average molecular weight is 156 g/mol. The molecular weight excluding hydrogens is 136 g/mol. The Bertz CT molecular complexity index is 108. The first-order valence-corrected chi connectivity index (χ1v) is 4.16. The topological polar surface area (TPSA) is 15.3 Å². The van der Waals surface area contributed by atoms with Crippen molar-refractivity contribution < 1.29 is 0 Å². The molecule has 0 radical (unpaired) electrons. The first-order chi connectivity index (χ1) is 5.18. The number of likely N-dealkylation sites (N-methyl/N-ethyl adjacent to an activating group) is 1. The third kappa shape index (κ3) is 6.07. The number of allylic oxidation sites excluding steroid dienone is 1. The lowest BCUT2D eigenvalue weighted by atomic mass is 10.3. The van der Waals surface area contributed by atoms with Crippen molar-refractivity contribution in [2.45, 2.75) is 19.9 Å². The van der Waals surface area contributed by atoms with E-state index in [2.05, 4.69) is 43.4 Å². The Kier molecular flexibility index (Phi) is 6.18. The van der Waals surface area contributed by atoms with Gasteiger partial charge in [0.25, 0.3) is 0 Å². The molecule has 0 saturated carbocycles. The van der Waals surface area contributed by atoms with Crippen molar-refractivity contribution in [1.82, 2.24) is 10.2 Å². The highest BCUT2D eigenvalue weighted by molar-refractivity contribution is 4.80. The largest absolute Gasteiger partial charge is 0.312 e. The quantitative estimate of drug-likeness (QED) is 0.474. The molecule has 0 rings (SSSR count). The smallest absolute Gasteiger partial charge is 0.0186 e. The lowest BCUT2D eigenvalue weighted by Crippen LogP contribution is -2.35. The molecule has 1 atom stereocenters. The molecule has 0 aliphatic carbocycles. The van der Waals surface area contributed by atoms with E-state index >= 15 is 0 Å². The Labute approximate surface area is 70.3 Å². The fourth-order valence-electron chi connectivity index (χ4n) is 0.676. The first kappa shape index (κ1) is 10.7. The second-order valence-electron chi connectivity index (χ2n) is 3.04. The molecule has 0 heterocycles. The molecule has 11 heavy (non-hydrogen) atoms. The monoisotopic (exact) mass is 156 g/mol. The highest BCUT2D eigenvalue weighted by atomic mass is 15.1. The van der Waals surface area contributed by atoms with Gasteiger partial charge in [0.15, 0.2) is 0 Å². The zero-order chi connectivity index (χ0) is 8.69. The SMILES string of the molecule is C/C=C/CNCC(C)N(C)C. The van der Waals surface area contributed by atoms with E-state index < -0.39 is 0 Å². The van der Waals surface area contributed by atoms with E-state index in [9.17, 15) is 0 Å². The average Bonchev–Trinajstić information content (AvgIpc) is 1.97. The van der Waals surface area contributed by atoms with E-state index in [1.165, 1.54) is 0 Å². The zero-order valence-corrected chi connectivity index (χ0v) is 8.09. The molecule has 0 saturated heterocycles. The number of hydrogen-bond acceptors (Lipinski definition) is 2. The molecule has 0 fully saturated rings. The number of nitrogens with zero attached hydrogens (tertiary/aromatic N) is 1. The zero-order valence-electron chi connectivity index (χ0n) is 8.09. The summed E-state index contributed by atoms with van der Waals surface area (Å²) in [4.78, 5) is 2.21. The van der Waals surface area contributed by atoms with Crippen molar-refractivity contribution in [3.63, 3.8) is 0 Å². The van der Waals surface area contributed by atoms with Crippen LogP contribution in [0.25, 0.3) is 0 Å². The maximum absolute atomic E-state index is 3.34. The molecule has 66 valence electrons. The third-order valence-corrected chi connectivity index (χ3v) is 1.82. The Morgan fingerprint density at radius 2 is 2.09 bits per heavy atom. The van der Waals surface area contributed by atoms with Crippen LogP contribution >= 0.6 is 0 Å². The molecule has 1 N–H and O–H groups in total. The molecule has 0 aromatic carbocycles. The van der Waals surface area contributed by atoms with Crippen LogP contribution in [0.4, 0.5) is 0 Å². The number of rotatable bonds is 5.